The summed E-state index contributed by atoms with van der Waals surface area (Å²) in [5.74, 6) is 0.741. The SMILES string of the molecule is CC.Cc1nc(NCc2cccc(C(F)(F)F)c2)c2cc(O)c3nncn3c2n1. The maximum atomic E-state index is 12.9. The molecular formula is C19H19F3N6O. The van der Waals surface area contributed by atoms with Gasteiger partial charge in [0.05, 0.1) is 10.9 Å². The third-order valence-corrected chi connectivity index (χ3v) is 4.04. The van der Waals surface area contributed by atoms with Gasteiger partial charge in [-0.1, -0.05) is 26.0 Å². The Labute approximate surface area is 164 Å². The number of halogens is 3. The van der Waals surface area contributed by atoms with Gasteiger partial charge in [-0.25, -0.2) is 9.97 Å². The first kappa shape index (κ1) is 20.3. The van der Waals surface area contributed by atoms with Crippen molar-refractivity contribution in [2.75, 3.05) is 5.32 Å². The van der Waals surface area contributed by atoms with Crippen molar-refractivity contribution < 1.29 is 18.3 Å². The van der Waals surface area contributed by atoms with Crippen molar-refractivity contribution in [1.82, 2.24) is 24.6 Å². The van der Waals surface area contributed by atoms with E-state index in [1.54, 1.807) is 13.0 Å². The quantitative estimate of drug-likeness (QED) is 0.528. The maximum Gasteiger partial charge on any atom is 0.416 e. The fraction of sp³-hybridized carbons (Fsp3) is 0.263. The molecule has 1 aromatic carbocycles. The minimum atomic E-state index is -4.40. The molecule has 4 rings (SSSR count). The number of hydrogen-bond acceptors (Lipinski definition) is 6. The van der Waals surface area contributed by atoms with Crippen molar-refractivity contribution >= 4 is 22.5 Å². The molecule has 10 heteroatoms. The number of alkyl halides is 3. The van der Waals surface area contributed by atoms with Crippen LogP contribution in [-0.2, 0) is 12.7 Å². The molecule has 0 unspecified atom stereocenters. The number of aryl methyl sites for hydroxylation is 1. The van der Waals surface area contributed by atoms with E-state index in [4.69, 9.17) is 0 Å². The van der Waals surface area contributed by atoms with Crippen molar-refractivity contribution in [2.24, 2.45) is 0 Å². The lowest BCUT2D eigenvalue weighted by atomic mass is 10.1. The van der Waals surface area contributed by atoms with Crippen LogP contribution in [0.2, 0.25) is 0 Å². The predicted molar refractivity (Wildman–Crippen MR) is 103 cm³/mol. The average molecular weight is 404 g/mol. The molecule has 2 N–H and O–H groups in total. The molecule has 4 aromatic rings. The lowest BCUT2D eigenvalue weighted by molar-refractivity contribution is -0.137. The van der Waals surface area contributed by atoms with E-state index in [-0.39, 0.29) is 17.9 Å². The second-order valence-corrected chi connectivity index (χ2v) is 5.96. The van der Waals surface area contributed by atoms with Crippen molar-refractivity contribution in [2.45, 2.75) is 33.5 Å². The molecule has 3 heterocycles. The second-order valence-electron chi connectivity index (χ2n) is 5.96. The maximum absolute atomic E-state index is 12.9. The highest BCUT2D eigenvalue weighted by atomic mass is 19.4. The standard InChI is InChI=1S/C17H13F3N6O.C2H6/c1-9-23-14(21-7-10-3-2-4-11(5-10)17(18,19)20)12-6-13(27)16-25-22-8-26(16)15(12)24-9;1-2/h2-6,8,27H,7H2,1H3,(H,21,23,24);1-2H3. The van der Waals surface area contributed by atoms with E-state index < -0.39 is 11.7 Å². The number of aromatic nitrogens is 5. The predicted octanol–water partition coefficient (Wildman–Crippen LogP) is 4.34. The topological polar surface area (TPSA) is 88.2 Å². The summed E-state index contributed by atoms with van der Waals surface area (Å²) in [6.45, 7) is 5.81. The molecule has 29 heavy (non-hydrogen) atoms. The number of anilines is 1. The van der Waals surface area contributed by atoms with Crippen LogP contribution in [0.15, 0.2) is 36.7 Å². The summed E-state index contributed by atoms with van der Waals surface area (Å²) in [4.78, 5) is 8.66. The van der Waals surface area contributed by atoms with Gasteiger partial charge < -0.3 is 10.4 Å². The van der Waals surface area contributed by atoms with Gasteiger partial charge >= 0.3 is 6.18 Å². The highest BCUT2D eigenvalue weighted by Gasteiger charge is 2.30. The van der Waals surface area contributed by atoms with Crippen molar-refractivity contribution in [3.05, 3.63) is 53.6 Å². The van der Waals surface area contributed by atoms with Gasteiger partial charge in [0.15, 0.2) is 11.4 Å². The molecule has 3 aromatic heterocycles. The fourth-order valence-electron chi connectivity index (χ4n) is 2.83. The summed E-state index contributed by atoms with van der Waals surface area (Å²) in [7, 11) is 0. The van der Waals surface area contributed by atoms with Crippen LogP contribution in [0.5, 0.6) is 5.75 Å². The van der Waals surface area contributed by atoms with Crippen molar-refractivity contribution in [1.29, 1.82) is 0 Å². The molecule has 0 fully saturated rings. The van der Waals surface area contributed by atoms with Gasteiger partial charge in [-0.3, -0.25) is 4.40 Å². The highest BCUT2D eigenvalue weighted by Crippen LogP contribution is 2.30. The van der Waals surface area contributed by atoms with Crippen LogP contribution in [-0.4, -0.2) is 29.7 Å². The van der Waals surface area contributed by atoms with E-state index in [1.165, 1.54) is 22.9 Å². The summed E-state index contributed by atoms with van der Waals surface area (Å²) < 4.78 is 40.1. The molecule has 0 spiro atoms. The first-order chi connectivity index (χ1) is 13.8. The Kier molecular flexibility index (Phi) is 5.53. The molecule has 0 bridgehead atoms. The van der Waals surface area contributed by atoms with Crippen LogP contribution < -0.4 is 5.32 Å². The van der Waals surface area contributed by atoms with Gasteiger partial charge in [-0.2, -0.15) is 13.2 Å². The van der Waals surface area contributed by atoms with E-state index in [1.807, 2.05) is 13.8 Å². The second kappa shape index (κ2) is 7.90. The molecule has 0 aliphatic heterocycles. The van der Waals surface area contributed by atoms with Crippen molar-refractivity contribution in [3.8, 4) is 5.75 Å². The van der Waals surface area contributed by atoms with Gasteiger partial charge in [0.1, 0.15) is 18.0 Å². The first-order valence-electron chi connectivity index (χ1n) is 8.93. The lowest BCUT2D eigenvalue weighted by Gasteiger charge is -2.12. The highest BCUT2D eigenvalue weighted by molar-refractivity contribution is 5.90. The van der Waals surface area contributed by atoms with Crippen LogP contribution >= 0.6 is 0 Å². The van der Waals surface area contributed by atoms with Gasteiger partial charge in [0.2, 0.25) is 5.65 Å². The lowest BCUT2D eigenvalue weighted by Crippen LogP contribution is -2.08. The summed E-state index contributed by atoms with van der Waals surface area (Å²) in [6.07, 6.45) is -2.99. The van der Waals surface area contributed by atoms with Crippen LogP contribution in [0, 0.1) is 6.92 Å². The minimum absolute atomic E-state index is 0.102. The first-order valence-corrected chi connectivity index (χ1v) is 8.93. The molecule has 0 saturated carbocycles. The molecule has 0 atom stereocenters. The largest absolute Gasteiger partial charge is 0.504 e. The van der Waals surface area contributed by atoms with Gasteiger partial charge in [-0.05, 0) is 30.7 Å². The van der Waals surface area contributed by atoms with E-state index in [2.05, 4.69) is 25.5 Å². The normalized spacial score (nSPS) is 11.4. The number of aromatic hydroxyl groups is 1. The molecular weight excluding hydrogens is 385 g/mol. The minimum Gasteiger partial charge on any atom is -0.504 e. The Morgan fingerprint density at radius 2 is 1.86 bits per heavy atom. The van der Waals surface area contributed by atoms with E-state index in [0.717, 1.165) is 12.1 Å². The average Bonchev–Trinajstić information content (AvgIpc) is 3.19. The Bertz CT molecular complexity index is 1160. The van der Waals surface area contributed by atoms with Crippen LogP contribution in [0.4, 0.5) is 19.0 Å². The zero-order chi connectivity index (χ0) is 21.2. The van der Waals surface area contributed by atoms with E-state index >= 15 is 0 Å². The zero-order valence-electron chi connectivity index (χ0n) is 16.0. The Hall–Kier alpha value is -3.43. The Morgan fingerprint density at radius 1 is 1.10 bits per heavy atom. The van der Waals surface area contributed by atoms with Gasteiger partial charge in [0.25, 0.3) is 0 Å². The number of nitrogens with one attached hydrogen (secondary N) is 1. The number of pyridine rings is 1. The number of hydrogen-bond donors (Lipinski definition) is 2. The van der Waals surface area contributed by atoms with E-state index in [0.29, 0.717) is 28.2 Å². The molecule has 0 aliphatic carbocycles. The third kappa shape index (κ3) is 4.05. The monoisotopic (exact) mass is 404 g/mol. The van der Waals surface area contributed by atoms with E-state index in [9.17, 15) is 18.3 Å². The van der Waals surface area contributed by atoms with Crippen LogP contribution in [0.1, 0.15) is 30.8 Å². The molecule has 0 amide bonds. The summed E-state index contributed by atoms with van der Waals surface area (Å²) in [5.41, 5.74) is 0.467. The summed E-state index contributed by atoms with van der Waals surface area (Å²) in [6, 6.07) is 6.50. The number of rotatable bonds is 3. The third-order valence-electron chi connectivity index (χ3n) is 4.04. The van der Waals surface area contributed by atoms with Crippen LogP contribution in [0.25, 0.3) is 16.7 Å². The van der Waals surface area contributed by atoms with Gasteiger partial charge in [0, 0.05) is 6.54 Å². The van der Waals surface area contributed by atoms with Crippen molar-refractivity contribution in [3.63, 3.8) is 0 Å². The summed E-state index contributed by atoms with van der Waals surface area (Å²) in [5, 5.41) is 21.2. The fourth-order valence-corrected chi connectivity index (χ4v) is 2.83. The molecule has 0 aliphatic rings. The molecule has 0 saturated heterocycles. The molecule has 7 nitrogen and oxygen atoms in total. The van der Waals surface area contributed by atoms with Crippen LogP contribution in [0.3, 0.4) is 0 Å². The number of fused-ring (bicyclic) bond motifs is 3. The number of nitrogens with zero attached hydrogens (tertiary/aromatic N) is 5. The Balaban J connectivity index is 0.00000117. The number of benzene rings is 1. The summed E-state index contributed by atoms with van der Waals surface area (Å²) >= 11 is 0. The zero-order valence-corrected chi connectivity index (χ0v) is 16.0. The molecule has 0 radical (unpaired) electrons. The van der Waals surface area contributed by atoms with Gasteiger partial charge in [-0.15, -0.1) is 10.2 Å². The molecule has 152 valence electrons. The Morgan fingerprint density at radius 3 is 2.59 bits per heavy atom. The smallest absolute Gasteiger partial charge is 0.416 e.